The van der Waals surface area contributed by atoms with Gasteiger partial charge < -0.3 is 5.73 Å². The van der Waals surface area contributed by atoms with Crippen molar-refractivity contribution in [3.8, 4) is 0 Å². The second kappa shape index (κ2) is 6.02. The van der Waals surface area contributed by atoms with E-state index in [1.165, 1.54) is 18.2 Å². The number of benzene rings is 1. The minimum Gasteiger partial charge on any atom is -0.368 e. The van der Waals surface area contributed by atoms with Gasteiger partial charge in [-0.25, -0.2) is 4.98 Å². The topological polar surface area (TPSA) is 89.1 Å². The van der Waals surface area contributed by atoms with Crippen LogP contribution in [-0.2, 0) is 11.9 Å². The largest absolute Gasteiger partial charge is 0.417 e. The minimum atomic E-state index is -4.53. The van der Waals surface area contributed by atoms with Crippen LogP contribution in [0.2, 0.25) is 5.02 Å². The fraction of sp³-hybridized carbons (Fsp3) is 0.154. The lowest BCUT2D eigenvalue weighted by molar-refractivity contribution is -0.137. The van der Waals surface area contributed by atoms with Crippen LogP contribution in [0.15, 0.2) is 34.0 Å². The van der Waals surface area contributed by atoms with Gasteiger partial charge in [0, 0.05) is 16.7 Å². The number of rotatable bonds is 3. The summed E-state index contributed by atoms with van der Waals surface area (Å²) in [6.45, 7) is 0. The van der Waals surface area contributed by atoms with Crippen LogP contribution in [0, 0.1) is 0 Å². The fourth-order valence-electron chi connectivity index (χ4n) is 1.99. The summed E-state index contributed by atoms with van der Waals surface area (Å²) >= 11 is 6.68. The number of nitrogen functional groups attached to an aromatic ring is 1. The molecule has 0 aliphatic rings. The first-order chi connectivity index (χ1) is 11.2. The number of aromatic amines is 1. The van der Waals surface area contributed by atoms with Gasteiger partial charge in [-0.1, -0.05) is 11.6 Å². The lowest BCUT2D eigenvalue weighted by atomic mass is 10.2. The zero-order valence-electron chi connectivity index (χ0n) is 11.8. The van der Waals surface area contributed by atoms with Gasteiger partial charge in [0.05, 0.1) is 16.3 Å². The summed E-state index contributed by atoms with van der Waals surface area (Å²) in [5, 5.41) is 2.16. The van der Waals surface area contributed by atoms with Gasteiger partial charge in [-0.2, -0.15) is 22.7 Å². The van der Waals surface area contributed by atoms with Gasteiger partial charge in [0.1, 0.15) is 0 Å². The molecule has 2 heterocycles. The number of hydrogen-bond donors (Lipinski definition) is 2. The number of alkyl halides is 3. The molecule has 0 unspecified atom stereocenters. The van der Waals surface area contributed by atoms with Crippen LogP contribution in [-0.4, -0.2) is 19.6 Å². The smallest absolute Gasteiger partial charge is 0.368 e. The van der Waals surface area contributed by atoms with Gasteiger partial charge in [-0.15, -0.1) is 11.8 Å². The maximum absolute atomic E-state index is 12.8. The van der Waals surface area contributed by atoms with Crippen molar-refractivity contribution in [1.82, 2.24) is 19.6 Å². The molecule has 0 bridgehead atoms. The normalized spacial score (nSPS) is 12.0. The molecule has 126 valence electrons. The van der Waals surface area contributed by atoms with E-state index in [4.69, 9.17) is 17.3 Å². The maximum Gasteiger partial charge on any atom is 0.417 e. The number of aromatic nitrogens is 4. The number of hydrogen-bond acceptors (Lipinski definition) is 5. The van der Waals surface area contributed by atoms with Crippen molar-refractivity contribution in [2.24, 2.45) is 0 Å². The molecule has 0 saturated carbocycles. The summed E-state index contributed by atoms with van der Waals surface area (Å²) in [5.41, 5.74) is 4.52. The summed E-state index contributed by atoms with van der Waals surface area (Å²) in [5.74, 6) is 0.330. The van der Waals surface area contributed by atoms with E-state index in [2.05, 4.69) is 15.1 Å². The molecule has 1 aromatic carbocycles. The second-order valence-corrected chi connectivity index (χ2v) is 6.21. The van der Waals surface area contributed by atoms with Crippen molar-refractivity contribution < 1.29 is 13.2 Å². The third-order valence-corrected chi connectivity index (χ3v) is 4.39. The molecule has 3 N–H and O–H groups in total. The molecule has 0 saturated heterocycles. The molecule has 0 atom stereocenters. The van der Waals surface area contributed by atoms with Crippen LogP contribution in [0.5, 0.6) is 0 Å². The van der Waals surface area contributed by atoms with E-state index in [1.54, 1.807) is 0 Å². The van der Waals surface area contributed by atoms with Crippen molar-refractivity contribution in [3.63, 3.8) is 0 Å². The number of thioether (sulfide) groups is 1. The SMILES string of the molecule is Nc1nc2nc(CSc3ccc(Cl)c(C(F)(F)F)c3)cc(=O)n2[nH]1. The quantitative estimate of drug-likeness (QED) is 0.687. The Morgan fingerprint density at radius 2 is 2.04 bits per heavy atom. The zero-order valence-corrected chi connectivity index (χ0v) is 13.3. The first kappa shape index (κ1) is 16.7. The maximum atomic E-state index is 12.8. The van der Waals surface area contributed by atoms with Crippen LogP contribution in [0.25, 0.3) is 5.78 Å². The van der Waals surface area contributed by atoms with Gasteiger partial charge in [0.25, 0.3) is 11.3 Å². The molecule has 0 aliphatic carbocycles. The molecule has 0 aliphatic heterocycles. The highest BCUT2D eigenvalue weighted by Gasteiger charge is 2.33. The van der Waals surface area contributed by atoms with E-state index in [-0.39, 0.29) is 22.5 Å². The van der Waals surface area contributed by atoms with Crippen LogP contribution in [0.3, 0.4) is 0 Å². The summed E-state index contributed by atoms with van der Waals surface area (Å²) in [6.07, 6.45) is -4.53. The summed E-state index contributed by atoms with van der Waals surface area (Å²) in [4.78, 5) is 20.2. The Kier molecular flexibility index (Phi) is 4.18. The third kappa shape index (κ3) is 3.34. The predicted molar refractivity (Wildman–Crippen MR) is 84.0 cm³/mol. The Morgan fingerprint density at radius 1 is 1.29 bits per heavy atom. The highest BCUT2D eigenvalue weighted by Crippen LogP contribution is 2.37. The fourth-order valence-corrected chi connectivity index (χ4v) is 3.04. The molecule has 0 spiro atoms. The molecule has 0 fully saturated rings. The Balaban J connectivity index is 1.85. The van der Waals surface area contributed by atoms with E-state index in [1.807, 2.05) is 0 Å². The average molecular weight is 376 g/mol. The average Bonchev–Trinajstić information content (AvgIpc) is 2.86. The molecule has 6 nitrogen and oxygen atoms in total. The molecule has 24 heavy (non-hydrogen) atoms. The van der Waals surface area contributed by atoms with Gasteiger partial charge in [0.15, 0.2) is 0 Å². The lowest BCUT2D eigenvalue weighted by Gasteiger charge is -2.10. The van der Waals surface area contributed by atoms with Gasteiger partial charge in [0.2, 0.25) is 5.95 Å². The number of fused-ring (bicyclic) bond motifs is 1. The number of nitrogens with two attached hydrogens (primary N) is 1. The van der Waals surface area contributed by atoms with E-state index < -0.39 is 17.3 Å². The van der Waals surface area contributed by atoms with Gasteiger partial charge in [-0.3, -0.25) is 9.89 Å². The van der Waals surface area contributed by atoms with E-state index >= 15 is 0 Å². The van der Waals surface area contributed by atoms with Gasteiger partial charge >= 0.3 is 6.18 Å². The monoisotopic (exact) mass is 375 g/mol. The lowest BCUT2D eigenvalue weighted by Crippen LogP contribution is -2.15. The third-order valence-electron chi connectivity index (χ3n) is 3.03. The van der Waals surface area contributed by atoms with Crippen LogP contribution >= 0.6 is 23.4 Å². The zero-order chi connectivity index (χ0) is 17.5. The van der Waals surface area contributed by atoms with Crippen LogP contribution < -0.4 is 11.3 Å². The molecule has 0 radical (unpaired) electrons. The molecular formula is C13H9ClF3N5OS. The molecule has 11 heteroatoms. The predicted octanol–water partition coefficient (Wildman–Crippen LogP) is 2.96. The Labute approximate surface area is 141 Å². The van der Waals surface area contributed by atoms with E-state index in [9.17, 15) is 18.0 Å². The Bertz CT molecular complexity index is 968. The number of nitrogens with one attached hydrogen (secondary N) is 1. The van der Waals surface area contributed by atoms with Crippen molar-refractivity contribution >= 4 is 35.1 Å². The van der Waals surface area contributed by atoms with E-state index in [0.717, 1.165) is 22.3 Å². The number of halogens is 4. The van der Waals surface area contributed by atoms with Crippen molar-refractivity contribution in [3.05, 3.63) is 50.9 Å². The van der Waals surface area contributed by atoms with Crippen LogP contribution in [0.4, 0.5) is 19.1 Å². The first-order valence-electron chi connectivity index (χ1n) is 6.48. The van der Waals surface area contributed by atoms with Crippen molar-refractivity contribution in [2.75, 3.05) is 5.73 Å². The molecule has 3 rings (SSSR count). The Hall–Kier alpha value is -2.20. The minimum absolute atomic E-state index is 0.0388. The van der Waals surface area contributed by atoms with Crippen molar-refractivity contribution in [2.45, 2.75) is 16.8 Å². The number of anilines is 1. The molecule has 2 aromatic heterocycles. The van der Waals surface area contributed by atoms with Crippen molar-refractivity contribution in [1.29, 1.82) is 0 Å². The molecule has 3 aromatic rings. The Morgan fingerprint density at radius 3 is 2.75 bits per heavy atom. The molecular weight excluding hydrogens is 367 g/mol. The number of H-pyrrole nitrogens is 1. The standard InChI is InChI=1S/C13H9ClF3N5OS/c14-9-2-1-7(4-8(9)13(15,16)17)24-5-6-3-10(23)22-12(19-6)20-11(18)21-22/h1-4H,5H2,(H3,18,19,20,21). The summed E-state index contributed by atoms with van der Waals surface area (Å²) in [7, 11) is 0. The second-order valence-electron chi connectivity index (χ2n) is 4.76. The summed E-state index contributed by atoms with van der Waals surface area (Å²) in [6, 6.07) is 4.88. The highest BCUT2D eigenvalue weighted by atomic mass is 35.5. The summed E-state index contributed by atoms with van der Waals surface area (Å²) < 4.78 is 39.6. The van der Waals surface area contributed by atoms with Crippen LogP contribution in [0.1, 0.15) is 11.3 Å². The van der Waals surface area contributed by atoms with Gasteiger partial charge in [-0.05, 0) is 18.2 Å². The first-order valence-corrected chi connectivity index (χ1v) is 7.84. The number of nitrogens with zero attached hydrogens (tertiary/aromatic N) is 3. The molecule has 0 amide bonds. The highest BCUT2D eigenvalue weighted by molar-refractivity contribution is 7.98. The van der Waals surface area contributed by atoms with E-state index in [0.29, 0.717) is 10.6 Å².